The van der Waals surface area contributed by atoms with Gasteiger partial charge in [-0.2, -0.15) is 0 Å². The third-order valence-corrected chi connectivity index (χ3v) is 7.26. The molecule has 1 aromatic heterocycles. The molecule has 2 amide bonds. The molecule has 1 fully saturated rings. The Bertz CT molecular complexity index is 875. The van der Waals surface area contributed by atoms with Crippen molar-refractivity contribution in [2.24, 2.45) is 5.92 Å². The predicted octanol–water partition coefficient (Wildman–Crippen LogP) is 2.67. The van der Waals surface area contributed by atoms with Crippen molar-refractivity contribution in [2.45, 2.75) is 39.0 Å². The van der Waals surface area contributed by atoms with Gasteiger partial charge >= 0.3 is 0 Å². The van der Waals surface area contributed by atoms with Crippen LogP contribution < -0.4 is 10.2 Å². The first-order valence-electron chi connectivity index (χ1n) is 10.9. The molecule has 0 spiro atoms. The molecule has 0 bridgehead atoms. The molecular weight excluding hydrogens is 396 g/mol. The Hall–Kier alpha value is -2.41. The summed E-state index contributed by atoms with van der Waals surface area (Å²) in [4.78, 5) is 34.5. The highest BCUT2D eigenvalue weighted by Crippen LogP contribution is 2.34. The summed E-state index contributed by atoms with van der Waals surface area (Å²) in [6.45, 7) is 5.53. The number of fused-ring (bicyclic) bond motifs is 1. The van der Waals surface area contributed by atoms with E-state index < -0.39 is 0 Å². The summed E-state index contributed by atoms with van der Waals surface area (Å²) in [7, 11) is 0. The Morgan fingerprint density at radius 2 is 1.93 bits per heavy atom. The van der Waals surface area contributed by atoms with E-state index in [2.05, 4.69) is 34.5 Å². The zero-order valence-corrected chi connectivity index (χ0v) is 18.4. The molecule has 160 valence electrons. The number of nitrogens with one attached hydrogen (secondary N) is 1. The third kappa shape index (κ3) is 5.01. The molecule has 4 rings (SSSR count). The van der Waals surface area contributed by atoms with Crippen molar-refractivity contribution >= 4 is 28.3 Å². The van der Waals surface area contributed by atoms with E-state index in [9.17, 15) is 9.59 Å². The number of amides is 2. The molecule has 30 heavy (non-hydrogen) atoms. The van der Waals surface area contributed by atoms with Gasteiger partial charge in [0, 0.05) is 50.4 Å². The molecule has 1 aliphatic carbocycles. The van der Waals surface area contributed by atoms with E-state index in [1.165, 1.54) is 10.4 Å². The molecule has 1 atom stereocenters. The third-order valence-electron chi connectivity index (χ3n) is 6.08. The second-order valence-corrected chi connectivity index (χ2v) is 9.24. The first-order valence-corrected chi connectivity index (χ1v) is 11.7. The normalized spacial score (nSPS) is 18.8. The Morgan fingerprint density at radius 3 is 2.67 bits per heavy atom. The van der Waals surface area contributed by atoms with Crippen molar-refractivity contribution in [1.82, 2.24) is 15.2 Å². The fraction of sp³-hybridized carbons (Fsp3) is 0.522. The van der Waals surface area contributed by atoms with E-state index in [1.54, 1.807) is 18.3 Å². The number of aryl methyl sites for hydroxylation is 2. The molecule has 0 unspecified atom stereocenters. The van der Waals surface area contributed by atoms with Crippen LogP contribution in [0.4, 0.5) is 5.13 Å². The molecule has 2 aliphatic rings. The number of thiazole rings is 1. The van der Waals surface area contributed by atoms with Gasteiger partial charge < -0.3 is 15.1 Å². The molecule has 7 heteroatoms. The summed E-state index contributed by atoms with van der Waals surface area (Å²) >= 11 is 1.73. The lowest BCUT2D eigenvalue weighted by Crippen LogP contribution is -2.48. The van der Waals surface area contributed by atoms with Crippen LogP contribution in [0.5, 0.6) is 0 Å². The zero-order chi connectivity index (χ0) is 20.9. The van der Waals surface area contributed by atoms with Crippen molar-refractivity contribution in [3.05, 3.63) is 46.5 Å². The Labute approximate surface area is 182 Å². The largest absolute Gasteiger partial charge is 0.356 e. The minimum absolute atomic E-state index is 0.0529. The van der Waals surface area contributed by atoms with Gasteiger partial charge in [0.25, 0.3) is 0 Å². The standard InChI is InChI=1S/C23H30N4O2S/c1-17(28)26-12-14-27(15-13-26)23-25-20-10-9-19(16-21(20)30-23)22(29)24-11-5-8-18-6-3-2-4-7-18/h2-4,6-7,19H,5,8-16H2,1H3,(H,24,29)/t19-/m0/s1. The molecular formula is C23H30N4O2S. The Kier molecular flexibility index (Phi) is 6.67. The van der Waals surface area contributed by atoms with Crippen LogP contribution in [-0.2, 0) is 28.9 Å². The van der Waals surface area contributed by atoms with Gasteiger partial charge in [0.15, 0.2) is 5.13 Å². The number of hydrogen-bond acceptors (Lipinski definition) is 5. The first kappa shape index (κ1) is 20.8. The molecule has 1 saturated heterocycles. The van der Waals surface area contributed by atoms with Gasteiger partial charge in [-0.15, -0.1) is 11.3 Å². The number of rotatable bonds is 6. The number of piperazine rings is 1. The summed E-state index contributed by atoms with van der Waals surface area (Å²) in [6, 6.07) is 10.4. The van der Waals surface area contributed by atoms with Crippen molar-refractivity contribution in [3.63, 3.8) is 0 Å². The van der Waals surface area contributed by atoms with Crippen LogP contribution in [0.2, 0.25) is 0 Å². The van der Waals surface area contributed by atoms with Gasteiger partial charge in [-0.3, -0.25) is 9.59 Å². The van der Waals surface area contributed by atoms with Crippen LogP contribution in [0.15, 0.2) is 30.3 Å². The lowest BCUT2D eigenvalue weighted by molar-refractivity contribution is -0.129. The van der Waals surface area contributed by atoms with Gasteiger partial charge in [-0.05, 0) is 37.7 Å². The van der Waals surface area contributed by atoms with Gasteiger partial charge in [0.1, 0.15) is 0 Å². The number of hydrogen-bond donors (Lipinski definition) is 1. The van der Waals surface area contributed by atoms with Crippen LogP contribution in [0.3, 0.4) is 0 Å². The highest BCUT2D eigenvalue weighted by atomic mass is 32.1. The number of carbonyl (C=O) groups excluding carboxylic acids is 2. The maximum atomic E-state index is 12.7. The lowest BCUT2D eigenvalue weighted by Gasteiger charge is -2.33. The van der Waals surface area contributed by atoms with E-state index >= 15 is 0 Å². The van der Waals surface area contributed by atoms with Crippen molar-refractivity contribution in [1.29, 1.82) is 0 Å². The van der Waals surface area contributed by atoms with Crippen LogP contribution in [0, 0.1) is 5.92 Å². The van der Waals surface area contributed by atoms with Crippen LogP contribution >= 0.6 is 11.3 Å². The maximum Gasteiger partial charge on any atom is 0.223 e. The SMILES string of the molecule is CC(=O)N1CCN(c2nc3c(s2)C[C@@H](C(=O)NCCCc2ccccc2)CC3)CC1. The van der Waals surface area contributed by atoms with Gasteiger partial charge in [-0.25, -0.2) is 4.98 Å². The van der Waals surface area contributed by atoms with Crippen LogP contribution in [0.1, 0.15) is 35.9 Å². The van der Waals surface area contributed by atoms with Crippen molar-refractivity contribution in [2.75, 3.05) is 37.6 Å². The predicted molar refractivity (Wildman–Crippen MR) is 120 cm³/mol. The molecule has 1 aromatic carbocycles. The number of benzene rings is 1. The lowest BCUT2D eigenvalue weighted by atomic mass is 9.90. The number of carbonyl (C=O) groups is 2. The molecule has 1 N–H and O–H groups in total. The summed E-state index contributed by atoms with van der Waals surface area (Å²) in [5, 5.41) is 4.18. The summed E-state index contributed by atoms with van der Waals surface area (Å²) in [5.74, 6) is 0.376. The van der Waals surface area contributed by atoms with Crippen LogP contribution in [0.25, 0.3) is 0 Å². The highest BCUT2D eigenvalue weighted by Gasteiger charge is 2.29. The molecule has 2 aromatic rings. The molecule has 0 saturated carbocycles. The second-order valence-electron chi connectivity index (χ2n) is 8.18. The number of anilines is 1. The summed E-state index contributed by atoms with van der Waals surface area (Å²) in [6.07, 6.45) is 4.50. The zero-order valence-electron chi connectivity index (χ0n) is 17.6. The second kappa shape index (κ2) is 9.60. The van der Waals surface area contributed by atoms with Gasteiger partial charge in [0.2, 0.25) is 11.8 Å². The van der Waals surface area contributed by atoms with Gasteiger partial charge in [-0.1, -0.05) is 30.3 Å². The number of nitrogens with zero attached hydrogens (tertiary/aromatic N) is 3. The van der Waals surface area contributed by atoms with E-state index in [0.717, 1.165) is 75.7 Å². The maximum absolute atomic E-state index is 12.7. The van der Waals surface area contributed by atoms with E-state index in [0.29, 0.717) is 0 Å². The van der Waals surface area contributed by atoms with Gasteiger partial charge in [0.05, 0.1) is 5.69 Å². The fourth-order valence-electron chi connectivity index (χ4n) is 4.23. The topological polar surface area (TPSA) is 65.5 Å². The molecule has 1 aliphatic heterocycles. The Morgan fingerprint density at radius 1 is 1.17 bits per heavy atom. The van der Waals surface area contributed by atoms with Crippen molar-refractivity contribution in [3.8, 4) is 0 Å². The monoisotopic (exact) mass is 426 g/mol. The number of aromatic nitrogens is 1. The summed E-state index contributed by atoms with van der Waals surface area (Å²) in [5.41, 5.74) is 2.48. The van der Waals surface area contributed by atoms with Crippen LogP contribution in [-0.4, -0.2) is 54.4 Å². The quantitative estimate of drug-likeness (QED) is 0.722. The van der Waals surface area contributed by atoms with E-state index in [1.807, 2.05) is 11.0 Å². The molecule has 6 nitrogen and oxygen atoms in total. The first-order chi connectivity index (χ1) is 14.6. The smallest absolute Gasteiger partial charge is 0.223 e. The molecule has 0 radical (unpaired) electrons. The van der Waals surface area contributed by atoms with E-state index in [4.69, 9.17) is 4.98 Å². The average molecular weight is 427 g/mol. The van der Waals surface area contributed by atoms with E-state index in [-0.39, 0.29) is 17.7 Å². The minimum Gasteiger partial charge on any atom is -0.356 e. The molecule has 2 heterocycles. The average Bonchev–Trinajstić information content (AvgIpc) is 3.21. The van der Waals surface area contributed by atoms with Crippen molar-refractivity contribution < 1.29 is 9.59 Å². The highest BCUT2D eigenvalue weighted by molar-refractivity contribution is 7.15. The Balaban J connectivity index is 1.25. The minimum atomic E-state index is 0.0529. The fourth-order valence-corrected chi connectivity index (χ4v) is 5.46. The summed E-state index contributed by atoms with van der Waals surface area (Å²) < 4.78 is 0.